The number of rotatable bonds is 5. The minimum absolute atomic E-state index is 0.163. The normalized spacial score (nSPS) is 12.4. The summed E-state index contributed by atoms with van der Waals surface area (Å²) in [6, 6.07) is 6.90. The third kappa shape index (κ3) is 6.90. The molecular formula is C17H13Cl6N3O2. The maximum absolute atomic E-state index is 11.5. The van der Waals surface area contributed by atoms with Crippen LogP contribution in [0.2, 0.25) is 0 Å². The molecule has 0 atom stereocenters. The van der Waals surface area contributed by atoms with Gasteiger partial charge in [-0.15, -0.1) is 0 Å². The highest BCUT2D eigenvalue weighted by Gasteiger charge is 2.33. The van der Waals surface area contributed by atoms with Gasteiger partial charge in [0, 0.05) is 11.6 Å². The minimum atomic E-state index is -1.93. The molecule has 0 N–H and O–H groups in total. The monoisotopic (exact) mass is 501 g/mol. The summed E-state index contributed by atoms with van der Waals surface area (Å²) in [6.45, 7) is 2.29. The standard InChI is InChI=1S/C17H13Cl6N3O2/c1-2-9-28-12(27)8-5-10-3-6-11(7-4-10)13-24-14(16(18,19)20)26-15(25-13)17(21,22)23/h3-8H,2,9H2,1H3. The Kier molecular flexibility index (Phi) is 8.20. The smallest absolute Gasteiger partial charge is 0.330 e. The van der Waals surface area contributed by atoms with E-state index in [0.29, 0.717) is 12.2 Å². The topological polar surface area (TPSA) is 65.0 Å². The Hall–Kier alpha value is -0.820. The number of carbonyl (C=O) groups is 1. The lowest BCUT2D eigenvalue weighted by atomic mass is 10.1. The Labute approximate surface area is 191 Å². The number of hydrogen-bond donors (Lipinski definition) is 0. The van der Waals surface area contributed by atoms with Crippen LogP contribution in [-0.4, -0.2) is 27.5 Å². The van der Waals surface area contributed by atoms with Crippen molar-refractivity contribution in [3.05, 3.63) is 47.6 Å². The summed E-state index contributed by atoms with van der Waals surface area (Å²) in [5, 5.41) is 0. The number of nitrogens with zero attached hydrogens (tertiary/aromatic N) is 3. The maximum atomic E-state index is 11.5. The molecule has 0 spiro atoms. The molecule has 0 aliphatic heterocycles. The van der Waals surface area contributed by atoms with E-state index in [2.05, 4.69) is 15.0 Å². The third-order valence-corrected chi connectivity index (χ3v) is 4.19. The van der Waals surface area contributed by atoms with Gasteiger partial charge >= 0.3 is 5.97 Å². The van der Waals surface area contributed by atoms with Gasteiger partial charge in [-0.2, -0.15) is 0 Å². The van der Waals surface area contributed by atoms with Crippen molar-refractivity contribution in [2.75, 3.05) is 6.61 Å². The van der Waals surface area contributed by atoms with Gasteiger partial charge in [0.2, 0.25) is 7.59 Å². The molecule has 1 aromatic carbocycles. The molecule has 0 fully saturated rings. The number of halogens is 6. The number of hydrogen-bond acceptors (Lipinski definition) is 5. The first kappa shape index (κ1) is 23.5. The van der Waals surface area contributed by atoms with Crippen molar-refractivity contribution in [3.63, 3.8) is 0 Å². The first-order chi connectivity index (χ1) is 13.0. The molecule has 1 heterocycles. The number of alkyl halides is 6. The van der Waals surface area contributed by atoms with E-state index < -0.39 is 13.6 Å². The average Bonchev–Trinajstić information content (AvgIpc) is 2.63. The van der Waals surface area contributed by atoms with E-state index in [1.54, 1.807) is 30.3 Å². The molecule has 28 heavy (non-hydrogen) atoms. The van der Waals surface area contributed by atoms with Gasteiger partial charge in [-0.1, -0.05) is 101 Å². The second-order valence-corrected chi connectivity index (χ2v) is 9.99. The Morgan fingerprint density at radius 2 is 1.50 bits per heavy atom. The van der Waals surface area contributed by atoms with E-state index >= 15 is 0 Å². The third-order valence-electron chi connectivity index (χ3n) is 3.17. The SMILES string of the molecule is CCCOC(=O)C=Cc1ccc(-c2nc(C(Cl)(Cl)Cl)nc(C(Cl)(Cl)Cl)n2)cc1. The summed E-state index contributed by atoms with van der Waals surface area (Å²) >= 11 is 35.2. The molecule has 0 unspecified atom stereocenters. The molecule has 0 bridgehead atoms. The Balaban J connectivity index is 2.32. The van der Waals surface area contributed by atoms with Crippen LogP contribution < -0.4 is 0 Å². The molecular weight excluding hydrogens is 491 g/mol. The molecule has 2 aromatic rings. The molecule has 0 saturated carbocycles. The van der Waals surface area contributed by atoms with Crippen LogP contribution in [0.3, 0.4) is 0 Å². The predicted octanol–water partition coefficient (Wildman–Crippen LogP) is 6.16. The van der Waals surface area contributed by atoms with E-state index in [0.717, 1.165) is 12.0 Å². The minimum Gasteiger partial charge on any atom is -0.463 e. The first-order valence-electron chi connectivity index (χ1n) is 7.86. The zero-order valence-corrected chi connectivity index (χ0v) is 18.8. The maximum Gasteiger partial charge on any atom is 0.330 e. The molecule has 0 amide bonds. The summed E-state index contributed by atoms with van der Waals surface area (Å²) in [4.78, 5) is 23.7. The molecule has 150 valence electrons. The summed E-state index contributed by atoms with van der Waals surface area (Å²) < 4.78 is 1.11. The van der Waals surface area contributed by atoms with E-state index in [-0.39, 0.29) is 17.5 Å². The van der Waals surface area contributed by atoms with E-state index in [4.69, 9.17) is 74.3 Å². The van der Waals surface area contributed by atoms with Crippen LogP contribution in [0.4, 0.5) is 0 Å². The van der Waals surface area contributed by atoms with Gasteiger partial charge in [-0.05, 0) is 18.1 Å². The van der Waals surface area contributed by atoms with E-state index in [1.165, 1.54) is 6.08 Å². The molecule has 0 aliphatic rings. The predicted molar refractivity (Wildman–Crippen MR) is 114 cm³/mol. The van der Waals surface area contributed by atoms with Crippen LogP contribution in [0.15, 0.2) is 30.3 Å². The van der Waals surface area contributed by atoms with Gasteiger partial charge in [0.15, 0.2) is 17.5 Å². The Morgan fingerprint density at radius 3 is 1.96 bits per heavy atom. The van der Waals surface area contributed by atoms with Gasteiger partial charge in [0.1, 0.15) is 0 Å². The highest BCUT2D eigenvalue weighted by Crippen LogP contribution is 2.40. The quantitative estimate of drug-likeness (QED) is 0.278. The van der Waals surface area contributed by atoms with Crippen LogP contribution in [0.1, 0.15) is 30.6 Å². The molecule has 1 aromatic heterocycles. The van der Waals surface area contributed by atoms with Gasteiger partial charge in [-0.25, -0.2) is 19.7 Å². The van der Waals surface area contributed by atoms with Crippen LogP contribution in [0, 0.1) is 0 Å². The van der Waals surface area contributed by atoms with Crippen LogP contribution in [0.5, 0.6) is 0 Å². The van der Waals surface area contributed by atoms with Crippen molar-refractivity contribution in [3.8, 4) is 11.4 Å². The summed E-state index contributed by atoms with van der Waals surface area (Å²) in [5.74, 6) is -0.600. The van der Waals surface area contributed by atoms with Gasteiger partial charge in [0.05, 0.1) is 6.61 Å². The highest BCUT2D eigenvalue weighted by atomic mass is 35.6. The van der Waals surface area contributed by atoms with Crippen molar-refractivity contribution < 1.29 is 9.53 Å². The second-order valence-electron chi connectivity index (χ2n) is 5.42. The highest BCUT2D eigenvalue weighted by molar-refractivity contribution is 6.67. The molecule has 2 rings (SSSR count). The lowest BCUT2D eigenvalue weighted by molar-refractivity contribution is -0.137. The van der Waals surface area contributed by atoms with Crippen LogP contribution in [0.25, 0.3) is 17.5 Å². The summed E-state index contributed by atoms with van der Waals surface area (Å²) in [7, 11) is 0. The lowest BCUT2D eigenvalue weighted by Gasteiger charge is -2.15. The number of carbonyl (C=O) groups excluding carboxylic acids is 1. The molecule has 0 saturated heterocycles. The molecule has 11 heteroatoms. The largest absolute Gasteiger partial charge is 0.463 e. The summed E-state index contributed by atoms with van der Waals surface area (Å²) in [6.07, 6.45) is 3.72. The van der Waals surface area contributed by atoms with E-state index in [9.17, 15) is 4.79 Å². The number of benzene rings is 1. The van der Waals surface area contributed by atoms with Crippen LogP contribution in [-0.2, 0) is 17.1 Å². The average molecular weight is 504 g/mol. The van der Waals surface area contributed by atoms with Crippen molar-refractivity contribution in [2.24, 2.45) is 0 Å². The van der Waals surface area contributed by atoms with Crippen molar-refractivity contribution in [2.45, 2.75) is 20.9 Å². The Bertz CT molecular complexity index is 828. The second kappa shape index (κ2) is 9.79. The van der Waals surface area contributed by atoms with Gasteiger partial charge in [0.25, 0.3) is 0 Å². The number of ether oxygens (including phenoxy) is 1. The fraction of sp³-hybridized carbons (Fsp3) is 0.294. The van der Waals surface area contributed by atoms with Gasteiger partial charge < -0.3 is 4.74 Å². The van der Waals surface area contributed by atoms with Crippen LogP contribution >= 0.6 is 69.6 Å². The number of esters is 1. The van der Waals surface area contributed by atoms with Crippen molar-refractivity contribution >= 4 is 81.7 Å². The molecule has 5 nitrogen and oxygen atoms in total. The fourth-order valence-corrected chi connectivity index (χ4v) is 2.42. The lowest BCUT2D eigenvalue weighted by Crippen LogP contribution is -2.16. The number of aromatic nitrogens is 3. The van der Waals surface area contributed by atoms with Gasteiger partial charge in [-0.3, -0.25) is 0 Å². The molecule has 0 radical (unpaired) electrons. The van der Waals surface area contributed by atoms with Crippen molar-refractivity contribution in [1.29, 1.82) is 0 Å². The zero-order chi connectivity index (χ0) is 20.9. The Morgan fingerprint density at radius 1 is 0.964 bits per heavy atom. The van der Waals surface area contributed by atoms with Crippen molar-refractivity contribution in [1.82, 2.24) is 15.0 Å². The molecule has 0 aliphatic carbocycles. The first-order valence-corrected chi connectivity index (χ1v) is 10.1. The summed E-state index contributed by atoms with van der Waals surface area (Å²) in [5.41, 5.74) is 1.33. The fourth-order valence-electron chi connectivity index (χ4n) is 1.92. The zero-order valence-electron chi connectivity index (χ0n) is 14.3. The van der Waals surface area contributed by atoms with E-state index in [1.807, 2.05) is 6.92 Å².